The van der Waals surface area contributed by atoms with Crippen LogP contribution in [0.3, 0.4) is 0 Å². The number of rotatable bonds is 17. The number of carbonyl (C=O) groups is 6. The predicted octanol–water partition coefficient (Wildman–Crippen LogP) is -2.83. The Labute approximate surface area is 271 Å². The number of primary amides is 1. The van der Waals surface area contributed by atoms with Crippen molar-refractivity contribution in [1.29, 1.82) is 0 Å². The smallest absolute Gasteiger partial charge is 0.394 e. The molecule has 7 atom stereocenters. The Bertz CT molecular complexity index is 1320. The minimum atomic E-state index is -5.08. The first-order chi connectivity index (χ1) is 21.8. The van der Waals surface area contributed by atoms with E-state index in [1.807, 2.05) is 20.8 Å². The van der Waals surface area contributed by atoms with Gasteiger partial charge in [-0.05, 0) is 31.6 Å². The van der Waals surface area contributed by atoms with Gasteiger partial charge in [-0.1, -0.05) is 20.8 Å². The molecule has 264 valence electrons. The highest BCUT2D eigenvalue weighted by Gasteiger charge is 2.39. The summed E-state index contributed by atoms with van der Waals surface area (Å²) in [6.45, 7) is 7.41. The van der Waals surface area contributed by atoms with E-state index in [0.717, 1.165) is 6.92 Å². The second-order valence-corrected chi connectivity index (χ2v) is 13.2. The van der Waals surface area contributed by atoms with Gasteiger partial charge in [0.2, 0.25) is 35.4 Å². The van der Waals surface area contributed by atoms with E-state index in [1.165, 1.54) is 24.3 Å². The number of likely N-dealkylation sites (tertiary alicyclic amines) is 1. The van der Waals surface area contributed by atoms with Crippen molar-refractivity contribution in [1.82, 2.24) is 36.1 Å². The number of aromatic amines is 1. The van der Waals surface area contributed by atoms with Crippen LogP contribution in [0.15, 0.2) is 12.5 Å². The van der Waals surface area contributed by atoms with E-state index < -0.39 is 80.3 Å². The molecule has 6 amide bonds. The lowest BCUT2D eigenvalue weighted by Gasteiger charge is -2.28. The Hall–Kier alpha value is -3.90. The van der Waals surface area contributed by atoms with E-state index in [0.29, 0.717) is 18.7 Å². The molecule has 47 heavy (non-hydrogen) atoms. The number of hydrogen-bond acceptors (Lipinski definition) is 10. The molecule has 1 saturated heterocycles. The Morgan fingerprint density at radius 1 is 1.04 bits per heavy atom. The minimum Gasteiger partial charge on any atom is -0.394 e. The van der Waals surface area contributed by atoms with Crippen molar-refractivity contribution >= 4 is 43.3 Å². The largest absolute Gasteiger partial charge is 0.469 e. The number of aliphatic hydroxyl groups is 1. The lowest BCUT2D eigenvalue weighted by molar-refractivity contribution is -0.139. The molecule has 1 aromatic heterocycles. The molecule has 10 N–H and O–H groups in total. The molecule has 2 rings (SSSR count). The normalized spacial score (nSPS) is 19.6. The summed E-state index contributed by atoms with van der Waals surface area (Å²) in [5, 5.41) is 19.5. The molecule has 2 heterocycles. The van der Waals surface area contributed by atoms with Crippen LogP contribution in [0.2, 0.25) is 0 Å². The van der Waals surface area contributed by atoms with Crippen LogP contribution in [0.1, 0.15) is 53.2 Å². The summed E-state index contributed by atoms with van der Waals surface area (Å²) in [5.41, 5.74) is 5.66. The first-order valence-electron chi connectivity index (χ1n) is 14.9. The quantitative estimate of drug-likeness (QED) is 0.0749. The zero-order valence-corrected chi connectivity index (χ0v) is 27.7. The number of aromatic nitrogens is 2. The number of H-pyrrole nitrogens is 1. The highest BCUT2D eigenvalue weighted by Crippen LogP contribution is 2.38. The molecular weight excluding hydrogens is 643 g/mol. The van der Waals surface area contributed by atoms with Crippen molar-refractivity contribution < 1.29 is 52.7 Å². The minimum absolute atomic E-state index is 0.0741. The fourth-order valence-corrected chi connectivity index (χ4v) is 5.68. The van der Waals surface area contributed by atoms with Crippen LogP contribution >= 0.6 is 7.82 Å². The van der Waals surface area contributed by atoms with Gasteiger partial charge in [0.25, 0.3) is 0 Å². The van der Waals surface area contributed by atoms with E-state index in [-0.39, 0.29) is 30.6 Å². The third-order valence-corrected chi connectivity index (χ3v) is 7.97. The van der Waals surface area contributed by atoms with Crippen molar-refractivity contribution in [2.75, 3.05) is 13.2 Å². The lowest BCUT2D eigenvalue weighted by atomic mass is 10.0. The molecule has 1 fully saturated rings. The van der Waals surface area contributed by atoms with E-state index in [9.17, 15) is 38.4 Å². The number of nitrogens with zero attached hydrogens (tertiary/aromatic N) is 2. The molecule has 1 aliphatic rings. The zero-order valence-electron chi connectivity index (χ0n) is 26.8. The monoisotopic (exact) mass is 688 g/mol. The average Bonchev–Trinajstić information content (AvgIpc) is 3.61. The Balaban J connectivity index is 2.24. The summed E-state index contributed by atoms with van der Waals surface area (Å²) < 4.78 is 15.6. The van der Waals surface area contributed by atoms with Crippen molar-refractivity contribution in [2.24, 2.45) is 17.6 Å². The molecule has 0 aromatic carbocycles. The second kappa shape index (κ2) is 17.3. The molecule has 20 heteroatoms. The summed E-state index contributed by atoms with van der Waals surface area (Å²) in [5.74, 6) is -4.83. The summed E-state index contributed by atoms with van der Waals surface area (Å²) in [7, 11) is -5.08. The number of carbonyl (C=O) groups excluding carboxylic acids is 6. The summed E-state index contributed by atoms with van der Waals surface area (Å²) in [4.78, 5) is 103. The maximum absolute atomic E-state index is 13.6. The molecule has 1 aromatic rings. The molecule has 7 unspecified atom stereocenters. The summed E-state index contributed by atoms with van der Waals surface area (Å²) >= 11 is 0. The van der Waals surface area contributed by atoms with Crippen LogP contribution in [0.25, 0.3) is 0 Å². The number of phosphoric acid groups is 1. The van der Waals surface area contributed by atoms with Crippen LogP contribution in [-0.2, 0) is 44.3 Å². The molecular formula is C27H45N8O11P. The number of nitrogens with two attached hydrogens (primary N) is 1. The molecule has 19 nitrogen and oxygen atoms in total. The molecule has 1 aliphatic heterocycles. The van der Waals surface area contributed by atoms with Gasteiger partial charge in [-0.25, -0.2) is 9.55 Å². The average molecular weight is 689 g/mol. The maximum atomic E-state index is 13.6. The summed E-state index contributed by atoms with van der Waals surface area (Å²) in [6.07, 6.45) is 1.58. The molecule has 0 spiro atoms. The zero-order chi connectivity index (χ0) is 35.6. The van der Waals surface area contributed by atoms with Crippen molar-refractivity contribution in [2.45, 2.75) is 90.2 Å². The number of phosphoric ester groups is 1. The van der Waals surface area contributed by atoms with Crippen LogP contribution in [0.4, 0.5) is 0 Å². The predicted molar refractivity (Wildman–Crippen MR) is 163 cm³/mol. The highest BCUT2D eigenvalue weighted by molar-refractivity contribution is 7.46. The SMILES string of the molecule is CC(=O)N1CC(C)CC1C(=O)NC(CC(C)C)C(=O)NC(Cc1cnc[nH]1)C(=O)NC(CO)C(=O)NC(C(N)=O)C(C)OP(=O)(O)O. The number of imidazole rings is 1. The van der Waals surface area contributed by atoms with Crippen molar-refractivity contribution in [3.63, 3.8) is 0 Å². The Morgan fingerprint density at radius 2 is 1.64 bits per heavy atom. The van der Waals surface area contributed by atoms with Gasteiger partial charge in [0.15, 0.2) is 0 Å². The molecule has 0 aliphatic carbocycles. The maximum Gasteiger partial charge on any atom is 0.469 e. The number of aliphatic hydroxyl groups excluding tert-OH is 1. The standard InChI is InChI=1S/C27H45N8O11P/c1-13(2)6-18(32-27(42)21-7-14(3)10-35(21)16(5)37)24(39)31-19(8-17-9-29-12-30-17)25(40)33-20(11-36)26(41)34-22(23(28)38)15(4)46-47(43,44)45/h9,12-15,18-22,36H,6-8,10-11H2,1-5H3,(H2,28,38)(H,29,30)(H,31,39)(H,32,42)(H,33,40)(H,34,41)(H2,43,44,45). The third-order valence-electron chi connectivity index (χ3n) is 7.36. The van der Waals surface area contributed by atoms with E-state index in [4.69, 9.17) is 15.5 Å². The van der Waals surface area contributed by atoms with Crippen LogP contribution in [-0.4, -0.2) is 115 Å². The van der Waals surface area contributed by atoms with Crippen molar-refractivity contribution in [3.05, 3.63) is 18.2 Å². The van der Waals surface area contributed by atoms with Gasteiger partial charge in [-0.3, -0.25) is 33.3 Å². The second-order valence-electron chi connectivity index (χ2n) is 12.0. The van der Waals surface area contributed by atoms with Gasteiger partial charge in [0, 0.05) is 31.8 Å². The van der Waals surface area contributed by atoms with Gasteiger partial charge >= 0.3 is 7.82 Å². The lowest BCUT2D eigenvalue weighted by Crippen LogP contribution is -2.61. The fourth-order valence-electron chi connectivity index (χ4n) is 5.13. The fraction of sp³-hybridized carbons (Fsp3) is 0.667. The first-order valence-corrected chi connectivity index (χ1v) is 16.5. The highest BCUT2D eigenvalue weighted by atomic mass is 31.2. The van der Waals surface area contributed by atoms with E-state index >= 15 is 0 Å². The first kappa shape index (κ1) is 39.3. The van der Waals surface area contributed by atoms with Gasteiger partial charge in [-0.2, -0.15) is 0 Å². The van der Waals surface area contributed by atoms with Gasteiger partial charge in [0.05, 0.1) is 19.0 Å². The van der Waals surface area contributed by atoms with Crippen molar-refractivity contribution in [3.8, 4) is 0 Å². The van der Waals surface area contributed by atoms with E-state index in [2.05, 4.69) is 35.8 Å². The topological polar surface area (TPSA) is 295 Å². The van der Waals surface area contributed by atoms with Crippen LogP contribution in [0, 0.1) is 11.8 Å². The molecule has 0 bridgehead atoms. The van der Waals surface area contributed by atoms with Gasteiger partial charge < -0.3 is 51.8 Å². The number of amides is 6. The third kappa shape index (κ3) is 12.3. The van der Waals surface area contributed by atoms with Gasteiger partial charge in [0.1, 0.15) is 30.2 Å². The summed E-state index contributed by atoms with van der Waals surface area (Å²) in [6, 6.07) is -6.71. The Morgan fingerprint density at radius 3 is 2.15 bits per heavy atom. The van der Waals surface area contributed by atoms with Crippen LogP contribution in [0.5, 0.6) is 0 Å². The Kier molecular flexibility index (Phi) is 14.5. The molecule has 0 radical (unpaired) electrons. The number of hydrogen-bond donors (Lipinski definition) is 9. The van der Waals surface area contributed by atoms with E-state index in [1.54, 1.807) is 0 Å². The van der Waals surface area contributed by atoms with Crippen LogP contribution < -0.4 is 27.0 Å². The van der Waals surface area contributed by atoms with Gasteiger partial charge in [-0.15, -0.1) is 0 Å². The molecule has 0 saturated carbocycles. The number of nitrogens with one attached hydrogen (secondary N) is 5.